The van der Waals surface area contributed by atoms with Gasteiger partial charge < -0.3 is 0 Å². The molecule has 0 fully saturated rings. The molecule has 0 unspecified atom stereocenters. The van der Waals surface area contributed by atoms with Crippen LogP contribution in [-0.2, 0) is 5.41 Å². The van der Waals surface area contributed by atoms with Crippen LogP contribution in [0.1, 0.15) is 25.0 Å². The van der Waals surface area contributed by atoms with Crippen LogP contribution in [0.15, 0.2) is 158 Å². The van der Waals surface area contributed by atoms with E-state index in [9.17, 15) is 0 Å². The predicted octanol–water partition coefficient (Wildman–Crippen LogP) is 13.6. The molecule has 0 bridgehead atoms. The first kappa shape index (κ1) is 27.0. The van der Waals surface area contributed by atoms with Crippen LogP contribution in [0, 0.1) is 0 Å². The lowest BCUT2D eigenvalue weighted by Crippen LogP contribution is -2.14. The minimum Gasteiger partial charge on any atom is -0.0619 e. The maximum absolute atomic E-state index is 2.47. The van der Waals surface area contributed by atoms with E-state index in [2.05, 4.69) is 172 Å². The van der Waals surface area contributed by atoms with E-state index >= 15 is 0 Å². The fraction of sp³-hybridized carbons (Fsp3) is 0.0612. The zero-order valence-corrected chi connectivity index (χ0v) is 27.5. The van der Waals surface area contributed by atoms with E-state index in [0.717, 1.165) is 0 Å². The largest absolute Gasteiger partial charge is 0.0619 e. The number of rotatable bonds is 2. The van der Waals surface area contributed by atoms with Crippen LogP contribution in [-0.4, -0.2) is 0 Å². The summed E-state index contributed by atoms with van der Waals surface area (Å²) in [5.74, 6) is 0. The molecule has 2 aliphatic carbocycles. The zero-order valence-electron chi connectivity index (χ0n) is 27.5. The Bertz CT molecular complexity index is 2870. The Morgan fingerprint density at radius 1 is 0.286 bits per heavy atom. The molecule has 0 amide bonds. The van der Waals surface area contributed by atoms with Crippen molar-refractivity contribution in [1.29, 1.82) is 0 Å². The van der Waals surface area contributed by atoms with Gasteiger partial charge in [0, 0.05) is 5.41 Å². The monoisotopic (exact) mass is 620 g/mol. The van der Waals surface area contributed by atoms with Gasteiger partial charge in [-0.2, -0.15) is 0 Å². The summed E-state index contributed by atoms with van der Waals surface area (Å²) < 4.78 is 0. The number of fused-ring (bicyclic) bond motifs is 11. The van der Waals surface area contributed by atoms with Gasteiger partial charge in [0.05, 0.1) is 0 Å². The van der Waals surface area contributed by atoms with Crippen molar-refractivity contribution >= 4 is 43.1 Å². The lowest BCUT2D eigenvalue weighted by Gasteiger charge is -2.22. The molecule has 228 valence electrons. The molecule has 49 heavy (non-hydrogen) atoms. The Morgan fingerprint density at radius 3 is 1.51 bits per heavy atom. The van der Waals surface area contributed by atoms with Crippen LogP contribution in [0.25, 0.3) is 98.7 Å². The highest BCUT2D eigenvalue weighted by atomic mass is 14.4. The third-order valence-corrected chi connectivity index (χ3v) is 11.6. The average molecular weight is 621 g/mol. The van der Waals surface area contributed by atoms with Crippen molar-refractivity contribution in [3.8, 4) is 55.6 Å². The van der Waals surface area contributed by atoms with E-state index in [0.29, 0.717) is 0 Å². The quantitative estimate of drug-likeness (QED) is 0.169. The molecule has 0 aliphatic heterocycles. The highest BCUT2D eigenvalue weighted by molar-refractivity contribution is 6.26. The Hall–Kier alpha value is -5.98. The van der Waals surface area contributed by atoms with Crippen LogP contribution in [0.5, 0.6) is 0 Å². The molecule has 0 heterocycles. The van der Waals surface area contributed by atoms with Gasteiger partial charge in [0.15, 0.2) is 0 Å². The van der Waals surface area contributed by atoms with Gasteiger partial charge in [0.2, 0.25) is 0 Å². The summed E-state index contributed by atoms with van der Waals surface area (Å²) in [6.45, 7) is 4.74. The van der Waals surface area contributed by atoms with Crippen molar-refractivity contribution in [3.63, 3.8) is 0 Å². The molecule has 0 nitrogen and oxygen atoms in total. The molecular formula is C49H32. The molecule has 0 saturated heterocycles. The first-order valence-corrected chi connectivity index (χ1v) is 17.4. The number of hydrogen-bond acceptors (Lipinski definition) is 0. The molecule has 0 saturated carbocycles. The highest BCUT2D eigenvalue weighted by Gasteiger charge is 2.35. The minimum absolute atomic E-state index is 0.0444. The van der Waals surface area contributed by atoms with E-state index in [1.807, 2.05) is 0 Å². The minimum atomic E-state index is -0.0444. The van der Waals surface area contributed by atoms with Gasteiger partial charge in [0.1, 0.15) is 0 Å². The van der Waals surface area contributed by atoms with Gasteiger partial charge in [0.25, 0.3) is 0 Å². The summed E-state index contributed by atoms with van der Waals surface area (Å²) in [6, 6.07) is 59.4. The Kier molecular flexibility index (Phi) is 5.27. The van der Waals surface area contributed by atoms with Crippen LogP contribution in [0.3, 0.4) is 0 Å². The predicted molar refractivity (Wildman–Crippen MR) is 209 cm³/mol. The molecular weight excluding hydrogens is 589 g/mol. The fourth-order valence-electron chi connectivity index (χ4n) is 9.33. The lowest BCUT2D eigenvalue weighted by atomic mass is 9.81. The van der Waals surface area contributed by atoms with Crippen molar-refractivity contribution in [2.75, 3.05) is 0 Å². The van der Waals surface area contributed by atoms with Crippen molar-refractivity contribution in [2.24, 2.45) is 0 Å². The molecule has 0 heteroatoms. The third-order valence-electron chi connectivity index (χ3n) is 11.6. The fourth-order valence-corrected chi connectivity index (χ4v) is 9.33. The molecule has 0 atom stereocenters. The summed E-state index contributed by atoms with van der Waals surface area (Å²) in [5.41, 5.74) is 16.0. The van der Waals surface area contributed by atoms with E-state index in [4.69, 9.17) is 0 Å². The summed E-state index contributed by atoms with van der Waals surface area (Å²) in [5, 5.41) is 10.5. The molecule has 0 spiro atoms. The SMILES string of the molecule is CC1(C)c2ccccc2-c2ccc(-c3cc4c5ccccc5c(-c5ccc6c7c(cccc57)-c5ccccc5-6)cc4c4ccccc34)cc21. The van der Waals surface area contributed by atoms with E-state index in [1.54, 1.807) is 0 Å². The highest BCUT2D eigenvalue weighted by Crippen LogP contribution is 2.52. The van der Waals surface area contributed by atoms with E-state index in [1.165, 1.54) is 110 Å². The van der Waals surface area contributed by atoms with Crippen molar-refractivity contribution in [3.05, 3.63) is 169 Å². The Balaban J connectivity index is 1.19. The molecule has 0 radical (unpaired) electrons. The summed E-state index contributed by atoms with van der Waals surface area (Å²) in [7, 11) is 0. The van der Waals surface area contributed by atoms with Gasteiger partial charge in [-0.3, -0.25) is 0 Å². The first-order valence-electron chi connectivity index (χ1n) is 17.4. The Labute approximate surface area is 285 Å². The standard InChI is InChI=1S/C49H32/c1-49(2)46-21-10-9-18-37(46)38-23-22-29(26-47(38)49)42-27-44-35-17-8-7-16-34(35)43(28-45(44)33-15-6-5-14-32(33)42)36-24-25-41-31-13-4-3-12-30(31)39-19-11-20-40(36)48(39)41/h3-28H,1-2H3. The van der Waals surface area contributed by atoms with Crippen LogP contribution < -0.4 is 0 Å². The number of benzene rings is 9. The maximum Gasteiger partial charge on any atom is 0.0159 e. The van der Waals surface area contributed by atoms with Crippen molar-refractivity contribution in [2.45, 2.75) is 19.3 Å². The smallest absolute Gasteiger partial charge is 0.0159 e. The maximum atomic E-state index is 2.47. The van der Waals surface area contributed by atoms with Gasteiger partial charge >= 0.3 is 0 Å². The first-order chi connectivity index (χ1) is 24.1. The van der Waals surface area contributed by atoms with Crippen molar-refractivity contribution in [1.82, 2.24) is 0 Å². The topological polar surface area (TPSA) is 0 Å². The normalized spacial score (nSPS) is 13.7. The average Bonchev–Trinajstić information content (AvgIpc) is 3.60. The van der Waals surface area contributed by atoms with Gasteiger partial charge in [-0.05, 0) is 128 Å². The van der Waals surface area contributed by atoms with Crippen molar-refractivity contribution < 1.29 is 0 Å². The second kappa shape index (κ2) is 9.56. The van der Waals surface area contributed by atoms with Gasteiger partial charge in [-0.15, -0.1) is 0 Å². The van der Waals surface area contributed by atoms with E-state index < -0.39 is 0 Å². The molecule has 0 aromatic heterocycles. The van der Waals surface area contributed by atoms with E-state index in [-0.39, 0.29) is 5.41 Å². The molecule has 0 N–H and O–H groups in total. The Morgan fingerprint density at radius 2 is 0.776 bits per heavy atom. The second-order valence-electron chi connectivity index (χ2n) is 14.4. The van der Waals surface area contributed by atoms with Crippen LogP contribution in [0.4, 0.5) is 0 Å². The molecule has 9 aromatic carbocycles. The summed E-state index contributed by atoms with van der Waals surface area (Å²) in [6.07, 6.45) is 0. The third kappa shape index (κ3) is 3.53. The van der Waals surface area contributed by atoms with Crippen LogP contribution >= 0.6 is 0 Å². The number of hydrogen-bond donors (Lipinski definition) is 0. The lowest BCUT2D eigenvalue weighted by molar-refractivity contribution is 0.660. The molecule has 2 aliphatic rings. The molecule has 9 aromatic rings. The zero-order chi connectivity index (χ0) is 32.4. The van der Waals surface area contributed by atoms with Crippen LogP contribution in [0.2, 0.25) is 0 Å². The summed E-state index contributed by atoms with van der Waals surface area (Å²) in [4.78, 5) is 0. The second-order valence-corrected chi connectivity index (χ2v) is 14.4. The van der Waals surface area contributed by atoms with Gasteiger partial charge in [-0.25, -0.2) is 0 Å². The summed E-state index contributed by atoms with van der Waals surface area (Å²) >= 11 is 0. The molecule has 11 rings (SSSR count). The van der Waals surface area contributed by atoms with Gasteiger partial charge in [-0.1, -0.05) is 153 Å².